The van der Waals surface area contributed by atoms with Crippen molar-refractivity contribution >= 4 is 17.7 Å². The normalized spacial score (nSPS) is 20.0. The molecule has 1 aliphatic rings. The quantitative estimate of drug-likeness (QED) is 0.670. The Labute approximate surface area is 152 Å². The van der Waals surface area contributed by atoms with E-state index >= 15 is 0 Å². The van der Waals surface area contributed by atoms with Crippen LogP contribution < -0.4 is 0 Å². The average Bonchev–Trinajstić information content (AvgIpc) is 2.93. The summed E-state index contributed by atoms with van der Waals surface area (Å²) >= 11 is 1.61. The molecule has 1 aromatic carbocycles. The van der Waals surface area contributed by atoms with Gasteiger partial charge >= 0.3 is 6.18 Å². The van der Waals surface area contributed by atoms with Crippen LogP contribution in [0.2, 0.25) is 0 Å². The highest BCUT2D eigenvalue weighted by Gasteiger charge is 2.33. The number of halogens is 3. The number of carbonyl (C=O) groups excluding carboxylic acids is 1. The Balaban J connectivity index is 2.05. The fourth-order valence-corrected chi connectivity index (χ4v) is 4.65. The molecule has 1 amide bonds. The van der Waals surface area contributed by atoms with Gasteiger partial charge in [0.2, 0.25) is 5.91 Å². The molecule has 2 atom stereocenters. The summed E-state index contributed by atoms with van der Waals surface area (Å²) in [7, 11) is 0. The van der Waals surface area contributed by atoms with Crippen molar-refractivity contribution in [1.82, 2.24) is 4.90 Å². The van der Waals surface area contributed by atoms with Crippen molar-refractivity contribution < 1.29 is 18.0 Å². The van der Waals surface area contributed by atoms with E-state index in [9.17, 15) is 18.0 Å². The summed E-state index contributed by atoms with van der Waals surface area (Å²) in [6.45, 7) is 9.21. The van der Waals surface area contributed by atoms with Gasteiger partial charge in [0.15, 0.2) is 0 Å². The van der Waals surface area contributed by atoms with Crippen molar-refractivity contribution in [3.63, 3.8) is 0 Å². The van der Waals surface area contributed by atoms with E-state index in [1.54, 1.807) is 11.8 Å². The molecule has 1 saturated heterocycles. The van der Waals surface area contributed by atoms with Crippen LogP contribution in [0.5, 0.6) is 0 Å². The lowest BCUT2D eigenvalue weighted by atomic mass is 9.84. The van der Waals surface area contributed by atoms with E-state index in [2.05, 4.69) is 27.7 Å². The predicted molar refractivity (Wildman–Crippen MR) is 96.2 cm³/mol. The third kappa shape index (κ3) is 5.66. The highest BCUT2D eigenvalue weighted by atomic mass is 32.2. The fourth-order valence-electron chi connectivity index (χ4n) is 3.37. The summed E-state index contributed by atoms with van der Waals surface area (Å²) < 4.78 is 38.1. The molecule has 0 bridgehead atoms. The van der Waals surface area contributed by atoms with Gasteiger partial charge < -0.3 is 4.90 Å². The highest BCUT2D eigenvalue weighted by Crippen LogP contribution is 2.40. The summed E-state index contributed by atoms with van der Waals surface area (Å²) in [5.74, 6) is 1.18. The van der Waals surface area contributed by atoms with Crippen LogP contribution in [0.25, 0.3) is 0 Å². The Morgan fingerprint density at radius 3 is 2.36 bits per heavy atom. The zero-order chi connectivity index (χ0) is 18.8. The van der Waals surface area contributed by atoms with Gasteiger partial charge in [0, 0.05) is 18.7 Å². The molecule has 0 saturated carbocycles. The van der Waals surface area contributed by atoms with Crippen LogP contribution in [0, 0.1) is 11.3 Å². The largest absolute Gasteiger partial charge is 0.416 e. The Bertz CT molecular complexity index is 592. The van der Waals surface area contributed by atoms with E-state index in [4.69, 9.17) is 0 Å². The van der Waals surface area contributed by atoms with Gasteiger partial charge in [-0.2, -0.15) is 13.2 Å². The molecular formula is C19H26F3NOS. The van der Waals surface area contributed by atoms with Crippen molar-refractivity contribution in [3.8, 4) is 0 Å². The van der Waals surface area contributed by atoms with Crippen LogP contribution in [0.15, 0.2) is 24.3 Å². The van der Waals surface area contributed by atoms with Gasteiger partial charge in [-0.05, 0) is 35.4 Å². The molecule has 0 radical (unpaired) electrons. The molecule has 0 unspecified atom stereocenters. The molecule has 0 aromatic heterocycles. The SMILES string of the molecule is C[C@@H](CC(=O)N1CCS[C@@H]1c1ccc(C(F)(F)F)cc1)CC(C)(C)C. The Hall–Kier alpha value is -1.17. The van der Waals surface area contributed by atoms with Crippen LogP contribution in [-0.2, 0) is 11.0 Å². The molecule has 140 valence electrons. The second-order valence-electron chi connectivity index (χ2n) is 8.00. The third-order valence-electron chi connectivity index (χ3n) is 4.22. The number of hydrogen-bond acceptors (Lipinski definition) is 2. The third-order valence-corrected chi connectivity index (χ3v) is 5.48. The standard InChI is InChI=1S/C19H26F3NOS/c1-13(12-18(2,3)4)11-16(24)23-9-10-25-17(23)14-5-7-15(8-6-14)19(20,21)22/h5-8,13,17H,9-12H2,1-4H3/t13-,17+/m0/s1. The maximum absolute atomic E-state index is 12.7. The second-order valence-corrected chi connectivity index (χ2v) is 9.19. The summed E-state index contributed by atoms with van der Waals surface area (Å²) in [6, 6.07) is 5.17. The average molecular weight is 373 g/mol. The lowest BCUT2D eigenvalue weighted by molar-refractivity contribution is -0.137. The van der Waals surface area contributed by atoms with Crippen LogP contribution in [0.3, 0.4) is 0 Å². The zero-order valence-electron chi connectivity index (χ0n) is 15.2. The number of rotatable bonds is 4. The molecule has 0 spiro atoms. The molecule has 1 aromatic rings. The van der Waals surface area contributed by atoms with E-state index < -0.39 is 11.7 Å². The van der Waals surface area contributed by atoms with Gasteiger partial charge in [-0.15, -0.1) is 11.8 Å². The molecule has 0 aliphatic carbocycles. The maximum Gasteiger partial charge on any atom is 0.416 e. The predicted octanol–water partition coefficient (Wildman–Crippen LogP) is 5.74. The first-order valence-electron chi connectivity index (χ1n) is 8.55. The number of hydrogen-bond donors (Lipinski definition) is 0. The minimum atomic E-state index is -4.33. The number of benzene rings is 1. The molecule has 1 heterocycles. The monoisotopic (exact) mass is 373 g/mol. The maximum atomic E-state index is 12.7. The summed E-state index contributed by atoms with van der Waals surface area (Å²) in [4.78, 5) is 14.5. The lowest BCUT2D eigenvalue weighted by Crippen LogP contribution is -2.32. The van der Waals surface area contributed by atoms with Gasteiger partial charge in [-0.25, -0.2) is 0 Å². The molecule has 1 aliphatic heterocycles. The highest BCUT2D eigenvalue weighted by molar-refractivity contribution is 7.99. The summed E-state index contributed by atoms with van der Waals surface area (Å²) in [5, 5.41) is -0.184. The van der Waals surface area contributed by atoms with E-state index in [-0.39, 0.29) is 22.6 Å². The number of amides is 1. The minimum absolute atomic E-state index is 0.0895. The van der Waals surface area contributed by atoms with E-state index in [0.717, 1.165) is 29.9 Å². The number of carbonyl (C=O) groups is 1. The Kier molecular flexibility index (Phi) is 6.13. The van der Waals surface area contributed by atoms with E-state index in [1.165, 1.54) is 12.1 Å². The van der Waals surface area contributed by atoms with Gasteiger partial charge in [0.25, 0.3) is 0 Å². The van der Waals surface area contributed by atoms with E-state index in [0.29, 0.717) is 13.0 Å². The molecule has 0 N–H and O–H groups in total. The Morgan fingerprint density at radius 1 is 1.24 bits per heavy atom. The van der Waals surface area contributed by atoms with Crippen molar-refractivity contribution in [2.75, 3.05) is 12.3 Å². The molecule has 1 fully saturated rings. The smallest absolute Gasteiger partial charge is 0.326 e. The van der Waals surface area contributed by atoms with Crippen molar-refractivity contribution in [3.05, 3.63) is 35.4 Å². The van der Waals surface area contributed by atoms with Crippen LogP contribution in [0.1, 0.15) is 57.0 Å². The molecular weight excluding hydrogens is 347 g/mol. The number of thioether (sulfide) groups is 1. The molecule has 2 nitrogen and oxygen atoms in total. The number of nitrogens with zero attached hydrogens (tertiary/aromatic N) is 1. The Morgan fingerprint density at radius 2 is 1.84 bits per heavy atom. The van der Waals surface area contributed by atoms with Gasteiger partial charge in [0.05, 0.1) is 5.56 Å². The second kappa shape index (κ2) is 7.60. The number of alkyl halides is 3. The van der Waals surface area contributed by atoms with E-state index in [1.807, 2.05) is 4.90 Å². The minimum Gasteiger partial charge on any atom is -0.326 e. The first-order valence-corrected chi connectivity index (χ1v) is 9.60. The van der Waals surface area contributed by atoms with Crippen molar-refractivity contribution in [1.29, 1.82) is 0 Å². The van der Waals surface area contributed by atoms with Gasteiger partial charge in [-0.1, -0.05) is 39.8 Å². The zero-order valence-corrected chi connectivity index (χ0v) is 16.0. The first kappa shape index (κ1) is 20.1. The lowest BCUT2D eigenvalue weighted by Gasteiger charge is -2.28. The first-order chi connectivity index (χ1) is 11.5. The molecule has 2 rings (SSSR count). The van der Waals surface area contributed by atoms with Gasteiger partial charge in [-0.3, -0.25) is 4.79 Å². The van der Waals surface area contributed by atoms with Crippen molar-refractivity contribution in [2.45, 2.75) is 52.1 Å². The molecule has 6 heteroatoms. The van der Waals surface area contributed by atoms with Crippen LogP contribution >= 0.6 is 11.8 Å². The summed E-state index contributed by atoms with van der Waals surface area (Å²) in [5.41, 5.74) is 0.273. The van der Waals surface area contributed by atoms with Gasteiger partial charge in [0.1, 0.15) is 5.37 Å². The summed E-state index contributed by atoms with van der Waals surface area (Å²) in [6.07, 6.45) is -2.89. The van der Waals surface area contributed by atoms with Crippen LogP contribution in [0.4, 0.5) is 13.2 Å². The van der Waals surface area contributed by atoms with Crippen LogP contribution in [-0.4, -0.2) is 23.1 Å². The fraction of sp³-hybridized carbons (Fsp3) is 0.632. The topological polar surface area (TPSA) is 20.3 Å². The molecule has 25 heavy (non-hydrogen) atoms. The van der Waals surface area contributed by atoms with Crippen molar-refractivity contribution in [2.24, 2.45) is 11.3 Å².